The van der Waals surface area contributed by atoms with Crippen LogP contribution >= 0.6 is 11.3 Å². The molecule has 0 atom stereocenters. The van der Waals surface area contributed by atoms with E-state index < -0.39 is 11.5 Å². The van der Waals surface area contributed by atoms with Crippen molar-refractivity contribution < 1.29 is 9.90 Å². The van der Waals surface area contributed by atoms with Gasteiger partial charge in [-0.2, -0.15) is 4.98 Å². The van der Waals surface area contributed by atoms with Crippen molar-refractivity contribution in [3.05, 3.63) is 59.1 Å². The summed E-state index contributed by atoms with van der Waals surface area (Å²) in [4.78, 5) is 31.2. The minimum atomic E-state index is -1.11. The van der Waals surface area contributed by atoms with Gasteiger partial charge < -0.3 is 31.3 Å². The predicted octanol–water partition coefficient (Wildman–Crippen LogP) is 3.65. The minimum absolute atomic E-state index is 0.337. The third-order valence-corrected chi connectivity index (χ3v) is 7.19. The SMILES string of the molecule is CN1CCN(c2ccc(Nc3nc(Nc4cccc(C(C)(C)O)n4)c4c(C(N)=O)csc4n3)cc2)CC1. The molecule has 1 aliphatic rings. The van der Waals surface area contributed by atoms with Gasteiger partial charge >= 0.3 is 0 Å². The number of carbonyl (C=O) groups is 1. The van der Waals surface area contributed by atoms with E-state index in [0.717, 1.165) is 31.9 Å². The number of aliphatic hydroxyl groups is 1. The Bertz CT molecular complexity index is 1420. The number of nitrogens with one attached hydrogen (secondary N) is 2. The van der Waals surface area contributed by atoms with Crippen LogP contribution in [-0.4, -0.2) is 64.1 Å². The fraction of sp³-hybridized carbons (Fsp3) is 0.308. The molecule has 4 heterocycles. The fourth-order valence-corrected chi connectivity index (χ4v) is 5.11. The lowest BCUT2D eigenvalue weighted by Crippen LogP contribution is -2.44. The number of hydrogen-bond acceptors (Lipinski definition) is 10. The molecule has 0 saturated carbocycles. The minimum Gasteiger partial charge on any atom is -0.384 e. The van der Waals surface area contributed by atoms with Gasteiger partial charge in [-0.3, -0.25) is 4.79 Å². The molecular weight excluding hydrogens is 488 g/mol. The molecule has 5 N–H and O–H groups in total. The standard InChI is InChI=1S/C26H30N8O2S/c1-26(2,36)19-5-4-6-20(29-19)30-23-21-18(22(27)35)15-37-24(21)32-25(31-23)28-16-7-9-17(10-8-16)34-13-11-33(3)12-14-34/h4-10,15,36H,11-14H2,1-3H3,(H2,27,35)(H2,28,29,30,31,32). The largest absolute Gasteiger partial charge is 0.384 e. The van der Waals surface area contributed by atoms with Crippen LogP contribution in [0.25, 0.3) is 10.2 Å². The molecule has 4 aromatic rings. The van der Waals surface area contributed by atoms with Crippen LogP contribution < -0.4 is 21.3 Å². The summed E-state index contributed by atoms with van der Waals surface area (Å²) in [5, 5.41) is 19.1. The monoisotopic (exact) mass is 518 g/mol. The number of nitrogens with zero attached hydrogens (tertiary/aromatic N) is 5. The molecule has 10 nitrogen and oxygen atoms in total. The van der Waals surface area contributed by atoms with Crippen molar-refractivity contribution in [2.75, 3.05) is 48.8 Å². The van der Waals surface area contributed by atoms with Crippen molar-refractivity contribution in [2.24, 2.45) is 5.73 Å². The Hall–Kier alpha value is -3.80. The Labute approximate surface area is 219 Å². The van der Waals surface area contributed by atoms with Crippen molar-refractivity contribution in [1.29, 1.82) is 0 Å². The molecule has 0 bridgehead atoms. The highest BCUT2D eigenvalue weighted by Gasteiger charge is 2.21. The first kappa shape index (κ1) is 24.9. The lowest BCUT2D eigenvalue weighted by Gasteiger charge is -2.34. The third-order valence-electron chi connectivity index (χ3n) is 6.31. The Balaban J connectivity index is 1.45. The van der Waals surface area contributed by atoms with Crippen molar-refractivity contribution in [1.82, 2.24) is 19.9 Å². The highest BCUT2D eigenvalue weighted by atomic mass is 32.1. The van der Waals surface area contributed by atoms with Gasteiger partial charge in [-0.15, -0.1) is 11.3 Å². The zero-order valence-electron chi connectivity index (χ0n) is 21.0. The second kappa shape index (κ2) is 9.92. The number of rotatable bonds is 7. The van der Waals surface area contributed by atoms with E-state index in [1.54, 1.807) is 37.4 Å². The maximum atomic E-state index is 12.1. The van der Waals surface area contributed by atoms with Gasteiger partial charge in [0.2, 0.25) is 11.9 Å². The van der Waals surface area contributed by atoms with Gasteiger partial charge in [-0.05, 0) is 57.3 Å². The molecule has 0 unspecified atom stereocenters. The third kappa shape index (κ3) is 5.48. The Morgan fingerprint density at radius 1 is 1.03 bits per heavy atom. The van der Waals surface area contributed by atoms with Gasteiger partial charge in [0.05, 0.1) is 16.6 Å². The molecule has 1 aliphatic heterocycles. The van der Waals surface area contributed by atoms with Crippen LogP contribution in [0.5, 0.6) is 0 Å². The number of fused-ring (bicyclic) bond motifs is 1. The quantitative estimate of drug-likeness (QED) is 0.289. The summed E-state index contributed by atoms with van der Waals surface area (Å²) in [6, 6.07) is 13.5. The molecule has 1 aromatic carbocycles. The van der Waals surface area contributed by atoms with E-state index in [2.05, 4.69) is 54.6 Å². The van der Waals surface area contributed by atoms with E-state index >= 15 is 0 Å². The van der Waals surface area contributed by atoms with Crippen molar-refractivity contribution in [3.63, 3.8) is 0 Å². The zero-order chi connectivity index (χ0) is 26.2. The number of primary amides is 1. The molecule has 3 aromatic heterocycles. The highest BCUT2D eigenvalue weighted by Crippen LogP contribution is 2.33. The molecule has 0 spiro atoms. The molecule has 1 amide bonds. The Morgan fingerprint density at radius 3 is 2.43 bits per heavy atom. The van der Waals surface area contributed by atoms with Crippen LogP contribution in [0, 0.1) is 0 Å². The Morgan fingerprint density at radius 2 is 1.76 bits per heavy atom. The summed E-state index contributed by atoms with van der Waals surface area (Å²) in [5.74, 6) is 0.691. The van der Waals surface area contributed by atoms with Crippen molar-refractivity contribution >= 4 is 56.4 Å². The van der Waals surface area contributed by atoms with E-state index in [9.17, 15) is 9.90 Å². The van der Waals surface area contributed by atoms with Crippen LogP contribution in [0.4, 0.5) is 29.0 Å². The number of anilines is 5. The van der Waals surface area contributed by atoms with E-state index in [4.69, 9.17) is 5.73 Å². The smallest absolute Gasteiger partial charge is 0.250 e. The van der Waals surface area contributed by atoms with Gasteiger partial charge in [-0.25, -0.2) is 9.97 Å². The van der Waals surface area contributed by atoms with Gasteiger partial charge in [0.15, 0.2) is 0 Å². The van der Waals surface area contributed by atoms with Gasteiger partial charge in [-0.1, -0.05) is 6.07 Å². The summed E-state index contributed by atoms with van der Waals surface area (Å²) in [6.45, 7) is 7.44. The predicted molar refractivity (Wildman–Crippen MR) is 148 cm³/mol. The average molecular weight is 519 g/mol. The number of likely N-dealkylation sites (N-methyl/N-ethyl adjacent to an activating group) is 1. The summed E-state index contributed by atoms with van der Waals surface area (Å²) >= 11 is 1.32. The van der Waals surface area contributed by atoms with Crippen molar-refractivity contribution in [2.45, 2.75) is 19.4 Å². The van der Waals surface area contributed by atoms with E-state index in [1.165, 1.54) is 17.0 Å². The van der Waals surface area contributed by atoms with Crippen LogP contribution in [-0.2, 0) is 5.60 Å². The number of carbonyl (C=O) groups excluding carboxylic acids is 1. The number of amides is 1. The molecule has 0 aliphatic carbocycles. The molecule has 5 rings (SSSR count). The molecule has 1 saturated heterocycles. The normalized spacial score (nSPS) is 14.6. The van der Waals surface area contributed by atoms with Gasteiger partial charge in [0.25, 0.3) is 0 Å². The molecule has 1 fully saturated rings. The summed E-state index contributed by atoms with van der Waals surface area (Å²) in [5.41, 5.74) is 7.38. The number of piperazine rings is 1. The number of benzene rings is 1. The topological polar surface area (TPSA) is 133 Å². The first-order valence-corrected chi connectivity index (χ1v) is 12.9. The lowest BCUT2D eigenvalue weighted by atomic mass is 10.1. The summed E-state index contributed by atoms with van der Waals surface area (Å²) in [6.07, 6.45) is 0. The second-order valence-electron chi connectivity index (χ2n) is 9.64. The number of aromatic nitrogens is 3. The van der Waals surface area contributed by atoms with Crippen molar-refractivity contribution in [3.8, 4) is 0 Å². The molecule has 37 heavy (non-hydrogen) atoms. The van der Waals surface area contributed by atoms with Crippen LogP contribution in [0.15, 0.2) is 47.8 Å². The maximum absolute atomic E-state index is 12.1. The van der Waals surface area contributed by atoms with E-state index in [0.29, 0.717) is 39.1 Å². The first-order chi connectivity index (χ1) is 17.7. The van der Waals surface area contributed by atoms with Crippen LogP contribution in [0.3, 0.4) is 0 Å². The second-order valence-corrected chi connectivity index (χ2v) is 10.5. The highest BCUT2D eigenvalue weighted by molar-refractivity contribution is 7.17. The number of thiophene rings is 1. The molecule has 192 valence electrons. The van der Waals surface area contributed by atoms with Crippen LogP contribution in [0.1, 0.15) is 29.9 Å². The summed E-state index contributed by atoms with van der Waals surface area (Å²) < 4.78 is 0. The molecule has 11 heteroatoms. The molecule has 0 radical (unpaired) electrons. The number of nitrogens with two attached hydrogens (primary N) is 1. The van der Waals surface area contributed by atoms with Crippen LogP contribution in [0.2, 0.25) is 0 Å². The van der Waals surface area contributed by atoms with E-state index in [-0.39, 0.29) is 0 Å². The average Bonchev–Trinajstić information content (AvgIpc) is 3.30. The summed E-state index contributed by atoms with van der Waals surface area (Å²) in [7, 11) is 2.14. The zero-order valence-corrected chi connectivity index (χ0v) is 21.8. The molecular formula is C26H30N8O2S. The number of pyridine rings is 1. The Kier molecular flexibility index (Phi) is 6.67. The van der Waals surface area contributed by atoms with Gasteiger partial charge in [0.1, 0.15) is 22.1 Å². The first-order valence-electron chi connectivity index (χ1n) is 12.0. The van der Waals surface area contributed by atoms with E-state index in [1.807, 2.05) is 12.1 Å². The van der Waals surface area contributed by atoms with Gasteiger partial charge in [0, 0.05) is 42.9 Å². The lowest BCUT2D eigenvalue weighted by molar-refractivity contribution is 0.0740. The fourth-order valence-electron chi connectivity index (χ4n) is 4.19. The number of hydrogen-bond donors (Lipinski definition) is 4. The maximum Gasteiger partial charge on any atom is 0.250 e.